The van der Waals surface area contributed by atoms with Crippen molar-refractivity contribution in [1.82, 2.24) is 9.62 Å². The molecule has 1 saturated carbocycles. The zero-order valence-corrected chi connectivity index (χ0v) is 17.4. The molecular weight excluding hydrogens is 380 g/mol. The molecule has 1 fully saturated rings. The van der Waals surface area contributed by atoms with Gasteiger partial charge in [0.2, 0.25) is 10.0 Å². The first-order valence-electron chi connectivity index (χ1n) is 9.32. The number of hydrogen-bond acceptors (Lipinski definition) is 4. The standard InChI is InChI=1S/C20H26N2O3S2/c1-15(19-12-7-13-26-19)21-20(23)16-8-6-11-18(14-16)27(24,25)22(2)17-9-4-3-5-10-17/h6-8,11-15,17H,3-5,9-10H2,1-2H3,(H,21,23). The van der Waals surface area contributed by atoms with E-state index in [0.717, 1.165) is 30.6 Å². The van der Waals surface area contributed by atoms with Gasteiger partial charge in [0.05, 0.1) is 10.9 Å². The Labute approximate surface area is 165 Å². The molecule has 7 heteroatoms. The van der Waals surface area contributed by atoms with Gasteiger partial charge in [-0.1, -0.05) is 31.4 Å². The van der Waals surface area contributed by atoms with Crippen LogP contribution in [0.2, 0.25) is 0 Å². The number of sulfonamides is 1. The van der Waals surface area contributed by atoms with Crippen molar-refractivity contribution in [2.24, 2.45) is 0 Å². The van der Waals surface area contributed by atoms with Crippen LogP contribution in [0.4, 0.5) is 0 Å². The molecule has 0 saturated heterocycles. The zero-order chi connectivity index (χ0) is 19.4. The highest BCUT2D eigenvalue weighted by atomic mass is 32.2. The Balaban J connectivity index is 1.76. The van der Waals surface area contributed by atoms with Crippen LogP contribution in [-0.2, 0) is 10.0 Å². The fraction of sp³-hybridized carbons (Fsp3) is 0.450. The normalized spacial score (nSPS) is 17.0. The van der Waals surface area contributed by atoms with E-state index in [1.807, 2.05) is 24.4 Å². The second-order valence-corrected chi connectivity index (χ2v) is 10.0. The molecule has 1 N–H and O–H groups in total. The summed E-state index contributed by atoms with van der Waals surface area (Å²) in [7, 11) is -1.96. The van der Waals surface area contributed by atoms with E-state index >= 15 is 0 Å². The summed E-state index contributed by atoms with van der Waals surface area (Å²) in [6.07, 6.45) is 5.09. The lowest BCUT2D eigenvalue weighted by molar-refractivity contribution is 0.0940. The second kappa shape index (κ2) is 8.54. The molecule has 1 unspecified atom stereocenters. The van der Waals surface area contributed by atoms with Crippen molar-refractivity contribution in [3.63, 3.8) is 0 Å². The molecule has 1 atom stereocenters. The van der Waals surface area contributed by atoms with E-state index in [-0.39, 0.29) is 22.9 Å². The van der Waals surface area contributed by atoms with Gasteiger partial charge in [-0.15, -0.1) is 11.3 Å². The van der Waals surface area contributed by atoms with Crippen LogP contribution in [0.3, 0.4) is 0 Å². The number of carbonyl (C=O) groups excluding carboxylic acids is 1. The minimum atomic E-state index is -3.61. The molecule has 0 radical (unpaired) electrons. The number of nitrogens with zero attached hydrogens (tertiary/aromatic N) is 1. The fourth-order valence-corrected chi connectivity index (χ4v) is 5.69. The fourth-order valence-electron chi connectivity index (χ4n) is 3.49. The van der Waals surface area contributed by atoms with Gasteiger partial charge in [0.15, 0.2) is 0 Å². The lowest BCUT2D eigenvalue weighted by atomic mass is 9.96. The number of hydrogen-bond donors (Lipinski definition) is 1. The SMILES string of the molecule is CC(NC(=O)c1cccc(S(=O)(=O)N(C)C2CCCCC2)c1)c1cccs1. The molecule has 146 valence electrons. The molecule has 3 rings (SSSR count). The van der Waals surface area contributed by atoms with E-state index in [4.69, 9.17) is 0 Å². The van der Waals surface area contributed by atoms with E-state index < -0.39 is 10.0 Å². The molecule has 27 heavy (non-hydrogen) atoms. The highest BCUT2D eigenvalue weighted by Crippen LogP contribution is 2.27. The summed E-state index contributed by atoms with van der Waals surface area (Å²) in [5.74, 6) is -0.270. The quantitative estimate of drug-likeness (QED) is 0.782. The van der Waals surface area contributed by atoms with Crippen molar-refractivity contribution in [2.45, 2.75) is 56.0 Å². The van der Waals surface area contributed by atoms with Crippen molar-refractivity contribution < 1.29 is 13.2 Å². The summed E-state index contributed by atoms with van der Waals surface area (Å²) in [6, 6.07) is 10.1. The van der Waals surface area contributed by atoms with E-state index in [2.05, 4.69) is 5.32 Å². The summed E-state index contributed by atoms with van der Waals surface area (Å²) >= 11 is 1.58. The maximum atomic E-state index is 13.0. The Hall–Kier alpha value is -1.70. The summed E-state index contributed by atoms with van der Waals surface area (Å²) in [5.41, 5.74) is 0.358. The van der Waals surface area contributed by atoms with Gasteiger partial charge in [-0.3, -0.25) is 4.79 Å². The van der Waals surface area contributed by atoms with Crippen LogP contribution in [0.15, 0.2) is 46.7 Å². The molecule has 1 aliphatic rings. The van der Waals surface area contributed by atoms with E-state index in [9.17, 15) is 13.2 Å². The number of carbonyl (C=O) groups is 1. The molecule has 1 aromatic heterocycles. The Bertz CT molecular complexity index is 872. The molecule has 2 aromatic rings. The largest absolute Gasteiger partial charge is 0.345 e. The molecule has 1 aliphatic carbocycles. The monoisotopic (exact) mass is 406 g/mol. The van der Waals surface area contributed by atoms with Crippen LogP contribution in [0.25, 0.3) is 0 Å². The number of benzene rings is 1. The number of nitrogens with one attached hydrogen (secondary N) is 1. The lowest BCUT2D eigenvalue weighted by Gasteiger charge is -2.30. The highest BCUT2D eigenvalue weighted by molar-refractivity contribution is 7.89. The molecule has 5 nitrogen and oxygen atoms in total. The Morgan fingerprint density at radius 3 is 2.59 bits per heavy atom. The van der Waals surface area contributed by atoms with Gasteiger partial charge in [-0.25, -0.2) is 8.42 Å². The van der Waals surface area contributed by atoms with Crippen LogP contribution in [0.5, 0.6) is 0 Å². The van der Waals surface area contributed by atoms with E-state index in [1.165, 1.54) is 16.8 Å². The number of thiophene rings is 1. The lowest BCUT2D eigenvalue weighted by Crippen LogP contribution is -2.38. The first kappa shape index (κ1) is 20.0. The van der Waals surface area contributed by atoms with E-state index in [0.29, 0.717) is 5.56 Å². The summed E-state index contributed by atoms with van der Waals surface area (Å²) < 4.78 is 27.5. The molecule has 1 heterocycles. The minimum Gasteiger partial charge on any atom is -0.345 e. The average molecular weight is 407 g/mol. The molecular formula is C20H26N2O3S2. The molecule has 1 amide bonds. The predicted molar refractivity (Wildman–Crippen MR) is 108 cm³/mol. The van der Waals surface area contributed by atoms with Gasteiger partial charge < -0.3 is 5.32 Å². The topological polar surface area (TPSA) is 66.5 Å². The van der Waals surface area contributed by atoms with Crippen molar-refractivity contribution in [3.8, 4) is 0 Å². The Morgan fingerprint density at radius 1 is 1.19 bits per heavy atom. The van der Waals surface area contributed by atoms with Gasteiger partial charge >= 0.3 is 0 Å². The van der Waals surface area contributed by atoms with Crippen molar-refractivity contribution in [1.29, 1.82) is 0 Å². The summed E-state index contributed by atoms with van der Waals surface area (Å²) in [4.78, 5) is 13.8. The highest BCUT2D eigenvalue weighted by Gasteiger charge is 2.29. The maximum absolute atomic E-state index is 13.0. The third kappa shape index (κ3) is 4.59. The minimum absolute atomic E-state index is 0.0417. The van der Waals surface area contributed by atoms with Crippen molar-refractivity contribution in [3.05, 3.63) is 52.2 Å². The maximum Gasteiger partial charge on any atom is 0.251 e. The first-order chi connectivity index (χ1) is 12.9. The Morgan fingerprint density at radius 2 is 1.93 bits per heavy atom. The smallest absolute Gasteiger partial charge is 0.251 e. The van der Waals surface area contributed by atoms with Crippen LogP contribution < -0.4 is 5.32 Å². The average Bonchev–Trinajstić information content (AvgIpc) is 3.23. The third-order valence-electron chi connectivity index (χ3n) is 5.18. The van der Waals surface area contributed by atoms with Crippen LogP contribution >= 0.6 is 11.3 Å². The van der Waals surface area contributed by atoms with Crippen molar-refractivity contribution >= 4 is 27.3 Å². The number of rotatable bonds is 6. The third-order valence-corrected chi connectivity index (χ3v) is 8.14. The summed E-state index contributed by atoms with van der Waals surface area (Å²) in [5, 5.41) is 4.90. The molecule has 0 aliphatic heterocycles. The van der Waals surface area contributed by atoms with Crippen molar-refractivity contribution in [2.75, 3.05) is 7.05 Å². The molecule has 1 aromatic carbocycles. The van der Waals surface area contributed by atoms with Gasteiger partial charge in [0.25, 0.3) is 5.91 Å². The van der Waals surface area contributed by atoms with Gasteiger partial charge in [-0.2, -0.15) is 4.31 Å². The predicted octanol–water partition coefficient (Wildman–Crippen LogP) is 4.19. The summed E-state index contributed by atoms with van der Waals surface area (Å²) in [6.45, 7) is 1.92. The van der Waals surface area contributed by atoms with Crippen LogP contribution in [0.1, 0.15) is 60.3 Å². The van der Waals surface area contributed by atoms with Gasteiger partial charge in [-0.05, 0) is 49.4 Å². The number of amides is 1. The van der Waals surface area contributed by atoms with Gasteiger partial charge in [0, 0.05) is 23.5 Å². The second-order valence-electron chi connectivity index (χ2n) is 7.05. The molecule has 0 spiro atoms. The van der Waals surface area contributed by atoms with Crippen LogP contribution in [-0.4, -0.2) is 31.7 Å². The zero-order valence-electron chi connectivity index (χ0n) is 15.7. The van der Waals surface area contributed by atoms with E-state index in [1.54, 1.807) is 36.6 Å². The first-order valence-corrected chi connectivity index (χ1v) is 11.6. The molecule has 0 bridgehead atoms. The Kier molecular flexibility index (Phi) is 6.34. The van der Waals surface area contributed by atoms with Crippen LogP contribution in [0, 0.1) is 0 Å². The van der Waals surface area contributed by atoms with Gasteiger partial charge in [0.1, 0.15) is 0 Å².